The fraction of sp³-hybridized carbons (Fsp3) is 0.667. The molecule has 4 atom stereocenters. The van der Waals surface area contributed by atoms with Crippen LogP contribution in [0.25, 0.3) is 0 Å². The minimum absolute atomic E-state index is 0.0312. The van der Waals surface area contributed by atoms with E-state index in [1.165, 1.54) is 24.8 Å². The summed E-state index contributed by atoms with van der Waals surface area (Å²) >= 11 is 2.12. The molecule has 3 fully saturated rings. The molecule has 4 rings (SSSR count). The van der Waals surface area contributed by atoms with Crippen molar-refractivity contribution >= 4 is 11.8 Å². The maximum atomic E-state index is 6.58. The Kier molecular flexibility index (Phi) is 2.67. The predicted molar refractivity (Wildman–Crippen MR) is 84.7 cm³/mol. The normalized spacial score (nSPS) is 45.4. The summed E-state index contributed by atoms with van der Waals surface area (Å²) in [5, 5.41) is 0.506. The molecule has 2 aliphatic carbocycles. The van der Waals surface area contributed by atoms with Crippen LogP contribution in [0.5, 0.6) is 0 Å². The predicted octanol–water partition coefficient (Wildman–Crippen LogP) is 5.03. The van der Waals surface area contributed by atoms with E-state index >= 15 is 0 Å². The van der Waals surface area contributed by atoms with Gasteiger partial charge in [-0.1, -0.05) is 51.1 Å². The average Bonchev–Trinajstić information content (AvgIpc) is 3.08. The lowest BCUT2D eigenvalue weighted by Gasteiger charge is -2.50. The Labute approximate surface area is 126 Å². The number of hydrogen-bond acceptors (Lipinski definition) is 2. The highest BCUT2D eigenvalue weighted by Crippen LogP contribution is 2.76. The van der Waals surface area contributed by atoms with E-state index in [2.05, 4.69) is 62.9 Å². The minimum Gasteiger partial charge on any atom is -0.362 e. The van der Waals surface area contributed by atoms with Gasteiger partial charge in [0.2, 0.25) is 0 Å². The fourth-order valence-electron chi connectivity index (χ4n) is 5.15. The van der Waals surface area contributed by atoms with Gasteiger partial charge >= 0.3 is 0 Å². The first-order chi connectivity index (χ1) is 9.49. The highest BCUT2D eigenvalue weighted by atomic mass is 32.2. The third-order valence-electron chi connectivity index (χ3n) is 6.32. The summed E-state index contributed by atoms with van der Waals surface area (Å²) < 4.78 is 6.58. The molecule has 0 radical (unpaired) electrons. The summed E-state index contributed by atoms with van der Waals surface area (Å²) in [5.41, 5.74) is 2.10. The van der Waals surface area contributed by atoms with Crippen LogP contribution in [-0.2, 0) is 4.74 Å². The van der Waals surface area contributed by atoms with Crippen LogP contribution in [0.1, 0.15) is 50.8 Å². The van der Waals surface area contributed by atoms with E-state index < -0.39 is 0 Å². The van der Waals surface area contributed by atoms with Gasteiger partial charge in [-0.2, -0.15) is 0 Å². The summed E-state index contributed by atoms with van der Waals surface area (Å²) in [6.45, 7) is 8.24. The molecular weight excluding hydrogens is 264 g/mol. The SMILES string of the molecule is CC12CCC(C1)C(C)(C)[C@@]21OC[C@H](c2ccccc2)S1. The monoisotopic (exact) mass is 288 g/mol. The van der Waals surface area contributed by atoms with Crippen LogP contribution in [0.3, 0.4) is 0 Å². The first kappa shape index (κ1) is 13.2. The number of rotatable bonds is 1. The van der Waals surface area contributed by atoms with E-state index in [9.17, 15) is 0 Å². The van der Waals surface area contributed by atoms with Crippen molar-refractivity contribution in [3.63, 3.8) is 0 Å². The highest BCUT2D eigenvalue weighted by molar-refractivity contribution is 8.01. The lowest BCUT2D eigenvalue weighted by molar-refractivity contribution is -0.104. The molecule has 2 heteroatoms. The summed E-state index contributed by atoms with van der Waals surface area (Å²) in [7, 11) is 0. The molecule has 1 aliphatic heterocycles. The molecule has 1 heterocycles. The van der Waals surface area contributed by atoms with Gasteiger partial charge in [0.25, 0.3) is 0 Å². The van der Waals surface area contributed by atoms with Crippen molar-refractivity contribution in [2.24, 2.45) is 16.7 Å². The van der Waals surface area contributed by atoms with Gasteiger partial charge < -0.3 is 4.74 Å². The topological polar surface area (TPSA) is 9.23 Å². The third kappa shape index (κ3) is 1.45. The number of ether oxygens (including phenoxy) is 1. The van der Waals surface area contributed by atoms with E-state index in [1.807, 2.05) is 0 Å². The molecule has 2 bridgehead atoms. The van der Waals surface area contributed by atoms with Crippen molar-refractivity contribution in [1.82, 2.24) is 0 Å². The van der Waals surface area contributed by atoms with Gasteiger partial charge in [0.1, 0.15) is 4.93 Å². The zero-order chi connectivity index (χ0) is 14.0. The standard InChI is InChI=1S/C18H24OS/c1-16(2)14-9-10-17(3,11-14)18(16)19-12-15(20-18)13-7-5-4-6-8-13/h4-8,14-15H,9-12H2,1-3H3/t14?,15-,17?,18+/m1/s1. The molecular formula is C18H24OS. The second kappa shape index (κ2) is 4.04. The Bertz CT molecular complexity index is 519. The Morgan fingerprint density at radius 3 is 2.55 bits per heavy atom. The summed E-state index contributed by atoms with van der Waals surface area (Å²) in [5.74, 6) is 0.842. The van der Waals surface area contributed by atoms with E-state index in [-0.39, 0.29) is 4.93 Å². The smallest absolute Gasteiger partial charge is 0.125 e. The van der Waals surface area contributed by atoms with Gasteiger partial charge in [0.15, 0.2) is 0 Å². The van der Waals surface area contributed by atoms with Gasteiger partial charge in [-0.05, 0) is 30.7 Å². The molecule has 0 amide bonds. The molecule has 20 heavy (non-hydrogen) atoms. The summed E-state index contributed by atoms with van der Waals surface area (Å²) in [6, 6.07) is 10.9. The van der Waals surface area contributed by atoms with Crippen molar-refractivity contribution in [1.29, 1.82) is 0 Å². The van der Waals surface area contributed by atoms with E-state index in [0.29, 0.717) is 16.1 Å². The summed E-state index contributed by atoms with van der Waals surface area (Å²) in [6.07, 6.45) is 4.09. The molecule has 1 nitrogen and oxygen atoms in total. The van der Waals surface area contributed by atoms with Crippen molar-refractivity contribution in [2.45, 2.75) is 50.2 Å². The molecule has 2 unspecified atom stereocenters. The van der Waals surface area contributed by atoms with Gasteiger partial charge in [-0.15, -0.1) is 11.8 Å². The first-order valence-corrected chi connectivity index (χ1v) is 8.73. The van der Waals surface area contributed by atoms with Crippen molar-refractivity contribution in [3.05, 3.63) is 35.9 Å². The number of benzene rings is 1. The second-order valence-corrected chi connectivity index (χ2v) is 9.05. The van der Waals surface area contributed by atoms with E-state index in [1.54, 1.807) is 0 Å². The van der Waals surface area contributed by atoms with Crippen LogP contribution >= 0.6 is 11.8 Å². The molecule has 2 saturated carbocycles. The van der Waals surface area contributed by atoms with Crippen molar-refractivity contribution in [3.8, 4) is 0 Å². The lowest BCUT2D eigenvalue weighted by Crippen LogP contribution is -2.51. The maximum Gasteiger partial charge on any atom is 0.125 e. The lowest BCUT2D eigenvalue weighted by atomic mass is 9.69. The minimum atomic E-state index is 0.0312. The third-order valence-corrected chi connectivity index (χ3v) is 8.48. The van der Waals surface area contributed by atoms with Crippen LogP contribution in [0.15, 0.2) is 30.3 Å². The molecule has 3 aliphatic rings. The Morgan fingerprint density at radius 2 is 1.90 bits per heavy atom. The van der Waals surface area contributed by atoms with Gasteiger partial charge in [-0.25, -0.2) is 0 Å². The Morgan fingerprint density at radius 1 is 1.15 bits per heavy atom. The first-order valence-electron chi connectivity index (χ1n) is 7.85. The van der Waals surface area contributed by atoms with E-state index in [0.717, 1.165) is 12.5 Å². The zero-order valence-electron chi connectivity index (χ0n) is 12.7. The largest absolute Gasteiger partial charge is 0.362 e. The number of fused-ring (bicyclic) bond motifs is 3. The van der Waals surface area contributed by atoms with Crippen molar-refractivity contribution in [2.75, 3.05) is 6.61 Å². The highest BCUT2D eigenvalue weighted by Gasteiger charge is 2.72. The van der Waals surface area contributed by atoms with Crippen LogP contribution in [0.4, 0.5) is 0 Å². The molecule has 1 aromatic carbocycles. The van der Waals surface area contributed by atoms with Crippen LogP contribution < -0.4 is 0 Å². The number of hydrogen-bond donors (Lipinski definition) is 0. The van der Waals surface area contributed by atoms with Gasteiger partial charge in [-0.3, -0.25) is 0 Å². The quantitative estimate of drug-likeness (QED) is 0.716. The maximum absolute atomic E-state index is 6.58. The molecule has 1 spiro atoms. The molecule has 108 valence electrons. The summed E-state index contributed by atoms with van der Waals surface area (Å²) in [4.78, 5) is 0.0312. The fourth-order valence-corrected chi connectivity index (χ4v) is 7.06. The number of thioether (sulfide) groups is 1. The van der Waals surface area contributed by atoms with Crippen LogP contribution in [0, 0.1) is 16.7 Å². The van der Waals surface area contributed by atoms with Gasteiger partial charge in [0.05, 0.1) is 11.9 Å². The zero-order valence-corrected chi connectivity index (χ0v) is 13.5. The Balaban J connectivity index is 1.70. The molecule has 1 saturated heterocycles. The molecule has 0 aromatic heterocycles. The van der Waals surface area contributed by atoms with E-state index in [4.69, 9.17) is 4.74 Å². The molecule has 0 N–H and O–H groups in total. The molecule has 1 aromatic rings. The average molecular weight is 288 g/mol. The van der Waals surface area contributed by atoms with Crippen LogP contribution in [-0.4, -0.2) is 11.5 Å². The van der Waals surface area contributed by atoms with Crippen LogP contribution in [0.2, 0.25) is 0 Å². The van der Waals surface area contributed by atoms with Crippen molar-refractivity contribution < 1.29 is 4.74 Å². The Hall–Kier alpha value is -0.470. The van der Waals surface area contributed by atoms with Gasteiger partial charge in [0, 0.05) is 10.8 Å². The second-order valence-electron chi connectivity index (χ2n) is 7.67.